The van der Waals surface area contributed by atoms with E-state index in [9.17, 15) is 14.0 Å². The standard InChI is InChI=1S/C25H25FN4O3/c26-17-6-7-19-22(14-17)33-28-23(19)15-9-11-29(12-10-15)24(31)16-5-8-21-20(13-16)27-25(32)30(21)18-3-1-2-4-18/h5-8,13-15,18H,1-4,9-12H2,(H,27,32). The van der Waals surface area contributed by atoms with Crippen molar-refractivity contribution in [2.75, 3.05) is 13.1 Å². The van der Waals surface area contributed by atoms with E-state index in [4.69, 9.17) is 4.52 Å². The molecule has 1 saturated heterocycles. The van der Waals surface area contributed by atoms with Gasteiger partial charge in [-0.3, -0.25) is 9.36 Å². The van der Waals surface area contributed by atoms with E-state index in [1.807, 2.05) is 21.6 Å². The van der Waals surface area contributed by atoms with E-state index in [2.05, 4.69) is 10.1 Å². The number of fused-ring (bicyclic) bond motifs is 2. The molecule has 7 nitrogen and oxygen atoms in total. The molecule has 33 heavy (non-hydrogen) atoms. The Morgan fingerprint density at radius 1 is 1.06 bits per heavy atom. The molecule has 0 unspecified atom stereocenters. The van der Waals surface area contributed by atoms with Crippen molar-refractivity contribution >= 4 is 27.9 Å². The average Bonchev–Trinajstić information content (AvgIpc) is 3.56. The van der Waals surface area contributed by atoms with Crippen LogP contribution in [-0.2, 0) is 0 Å². The summed E-state index contributed by atoms with van der Waals surface area (Å²) in [5.74, 6) is -0.209. The molecule has 4 aromatic rings. The third-order valence-corrected chi connectivity index (χ3v) is 7.28. The van der Waals surface area contributed by atoms with Gasteiger partial charge in [0, 0.05) is 42.1 Å². The second-order valence-electron chi connectivity index (χ2n) is 9.25. The Morgan fingerprint density at radius 2 is 1.85 bits per heavy atom. The van der Waals surface area contributed by atoms with Gasteiger partial charge < -0.3 is 14.4 Å². The summed E-state index contributed by atoms with van der Waals surface area (Å²) in [4.78, 5) is 30.5. The van der Waals surface area contributed by atoms with Crippen molar-refractivity contribution in [3.63, 3.8) is 0 Å². The number of aromatic amines is 1. The normalized spacial score (nSPS) is 18.0. The Labute approximate surface area is 189 Å². The topological polar surface area (TPSA) is 84.1 Å². The van der Waals surface area contributed by atoms with E-state index >= 15 is 0 Å². The van der Waals surface area contributed by atoms with E-state index in [1.54, 1.807) is 12.1 Å². The van der Waals surface area contributed by atoms with Crippen LogP contribution in [-0.4, -0.2) is 38.6 Å². The summed E-state index contributed by atoms with van der Waals surface area (Å²) in [6.45, 7) is 1.22. The Morgan fingerprint density at radius 3 is 2.64 bits per heavy atom. The zero-order valence-electron chi connectivity index (χ0n) is 18.2. The average molecular weight is 448 g/mol. The number of hydrogen-bond donors (Lipinski definition) is 1. The van der Waals surface area contributed by atoms with Crippen molar-refractivity contribution in [3.05, 3.63) is 64.0 Å². The van der Waals surface area contributed by atoms with Gasteiger partial charge in [0.2, 0.25) is 0 Å². The van der Waals surface area contributed by atoms with Gasteiger partial charge in [0.25, 0.3) is 5.91 Å². The van der Waals surface area contributed by atoms with Crippen molar-refractivity contribution < 1.29 is 13.7 Å². The molecule has 2 aliphatic rings. The maximum atomic E-state index is 13.4. The van der Waals surface area contributed by atoms with Gasteiger partial charge >= 0.3 is 5.69 Å². The van der Waals surface area contributed by atoms with Gasteiger partial charge in [-0.1, -0.05) is 18.0 Å². The molecule has 1 aliphatic heterocycles. The minimum atomic E-state index is -0.345. The molecule has 1 amide bonds. The van der Waals surface area contributed by atoms with Crippen LogP contribution < -0.4 is 5.69 Å². The maximum absolute atomic E-state index is 13.4. The van der Waals surface area contributed by atoms with Crippen LogP contribution in [0.5, 0.6) is 0 Å². The lowest BCUT2D eigenvalue weighted by atomic mass is 9.91. The summed E-state index contributed by atoms with van der Waals surface area (Å²) >= 11 is 0. The van der Waals surface area contributed by atoms with Crippen LogP contribution in [0.4, 0.5) is 4.39 Å². The Kier molecular flexibility index (Phi) is 4.81. The van der Waals surface area contributed by atoms with Crippen LogP contribution >= 0.6 is 0 Å². The number of halogens is 1. The van der Waals surface area contributed by atoms with Gasteiger partial charge in [-0.05, 0) is 56.0 Å². The Hall–Kier alpha value is -3.42. The highest BCUT2D eigenvalue weighted by Crippen LogP contribution is 2.34. The van der Waals surface area contributed by atoms with Gasteiger partial charge in [-0.2, -0.15) is 0 Å². The third-order valence-electron chi connectivity index (χ3n) is 7.28. The number of aromatic nitrogens is 3. The molecular weight excluding hydrogens is 423 g/mol. The van der Waals surface area contributed by atoms with Crippen molar-refractivity contribution in [2.45, 2.75) is 50.5 Å². The van der Waals surface area contributed by atoms with E-state index in [0.717, 1.165) is 55.1 Å². The quantitative estimate of drug-likeness (QED) is 0.490. The first-order valence-corrected chi connectivity index (χ1v) is 11.7. The highest BCUT2D eigenvalue weighted by molar-refractivity contribution is 5.97. The largest absolute Gasteiger partial charge is 0.356 e. The molecular formula is C25H25FN4O3. The maximum Gasteiger partial charge on any atom is 0.326 e. The van der Waals surface area contributed by atoms with Crippen molar-refractivity contribution in [2.24, 2.45) is 0 Å². The van der Waals surface area contributed by atoms with E-state index in [1.165, 1.54) is 12.1 Å². The Bertz CT molecular complexity index is 1400. The summed E-state index contributed by atoms with van der Waals surface area (Å²) < 4.78 is 20.6. The van der Waals surface area contributed by atoms with Crippen LogP contribution in [0.1, 0.15) is 66.5 Å². The molecule has 1 saturated carbocycles. The fourth-order valence-corrected chi connectivity index (χ4v) is 5.55. The molecule has 6 rings (SSSR count). The fourth-order valence-electron chi connectivity index (χ4n) is 5.55. The second kappa shape index (κ2) is 7.86. The number of hydrogen-bond acceptors (Lipinski definition) is 4. The number of nitrogens with one attached hydrogen (secondary N) is 1. The predicted molar refractivity (Wildman–Crippen MR) is 122 cm³/mol. The number of benzene rings is 2. The molecule has 1 aliphatic carbocycles. The lowest BCUT2D eigenvalue weighted by Gasteiger charge is -2.31. The van der Waals surface area contributed by atoms with Crippen LogP contribution in [0.3, 0.4) is 0 Å². The van der Waals surface area contributed by atoms with Crippen LogP contribution in [0.2, 0.25) is 0 Å². The first-order valence-electron chi connectivity index (χ1n) is 11.7. The summed E-state index contributed by atoms with van der Waals surface area (Å²) in [6, 6.07) is 10.3. The number of H-pyrrole nitrogens is 1. The number of carbonyl (C=O) groups is 1. The number of amides is 1. The molecule has 0 bridgehead atoms. The molecule has 170 valence electrons. The first-order chi connectivity index (χ1) is 16.1. The van der Waals surface area contributed by atoms with Gasteiger partial charge in [-0.15, -0.1) is 0 Å². The summed E-state index contributed by atoms with van der Waals surface area (Å²) in [7, 11) is 0. The summed E-state index contributed by atoms with van der Waals surface area (Å²) in [5.41, 5.74) is 3.37. The molecule has 0 radical (unpaired) electrons. The van der Waals surface area contributed by atoms with Crippen molar-refractivity contribution in [1.82, 2.24) is 19.6 Å². The third kappa shape index (κ3) is 3.44. The number of carbonyl (C=O) groups excluding carboxylic acids is 1. The fraction of sp³-hybridized carbons (Fsp3) is 0.400. The molecule has 2 aromatic heterocycles. The zero-order chi connectivity index (χ0) is 22.5. The number of imidazole rings is 1. The second-order valence-corrected chi connectivity index (χ2v) is 9.25. The lowest BCUT2D eigenvalue weighted by molar-refractivity contribution is 0.0712. The minimum absolute atomic E-state index is 0.0307. The number of piperidine rings is 1. The summed E-state index contributed by atoms with van der Waals surface area (Å²) in [5, 5.41) is 5.02. The first kappa shape index (κ1) is 20.2. The van der Waals surface area contributed by atoms with E-state index in [0.29, 0.717) is 29.8 Å². The molecule has 2 fully saturated rings. The smallest absolute Gasteiger partial charge is 0.326 e. The highest BCUT2D eigenvalue weighted by atomic mass is 19.1. The number of nitrogens with zero attached hydrogens (tertiary/aromatic N) is 3. The van der Waals surface area contributed by atoms with E-state index in [-0.39, 0.29) is 29.4 Å². The molecule has 2 aromatic carbocycles. The molecule has 1 N–H and O–H groups in total. The molecule has 0 atom stereocenters. The molecule has 0 spiro atoms. The number of rotatable bonds is 3. The SMILES string of the molecule is O=C(c1ccc2c(c1)[nH]c(=O)n2C1CCCC1)N1CCC(c2noc3cc(F)ccc23)CC1. The van der Waals surface area contributed by atoms with Crippen LogP contribution in [0.15, 0.2) is 45.7 Å². The minimum Gasteiger partial charge on any atom is -0.356 e. The van der Waals surface area contributed by atoms with E-state index < -0.39 is 0 Å². The van der Waals surface area contributed by atoms with Gasteiger partial charge in [0.05, 0.1) is 16.7 Å². The monoisotopic (exact) mass is 448 g/mol. The summed E-state index contributed by atoms with van der Waals surface area (Å²) in [6.07, 6.45) is 5.88. The molecule has 8 heteroatoms. The molecule has 3 heterocycles. The van der Waals surface area contributed by atoms with Gasteiger partial charge in [-0.25, -0.2) is 9.18 Å². The Balaban J connectivity index is 1.19. The zero-order valence-corrected chi connectivity index (χ0v) is 18.2. The predicted octanol–water partition coefficient (Wildman–Crippen LogP) is 4.74. The van der Waals surface area contributed by atoms with Gasteiger partial charge in [0.15, 0.2) is 5.58 Å². The van der Waals surface area contributed by atoms with Crippen LogP contribution in [0, 0.1) is 5.82 Å². The van der Waals surface area contributed by atoms with Crippen molar-refractivity contribution in [3.8, 4) is 0 Å². The number of likely N-dealkylation sites (tertiary alicyclic amines) is 1. The van der Waals surface area contributed by atoms with Crippen LogP contribution in [0.25, 0.3) is 22.0 Å². The van der Waals surface area contributed by atoms with Gasteiger partial charge in [0.1, 0.15) is 5.82 Å². The highest BCUT2D eigenvalue weighted by Gasteiger charge is 2.28. The van der Waals surface area contributed by atoms with Crippen molar-refractivity contribution in [1.29, 1.82) is 0 Å². The lowest BCUT2D eigenvalue weighted by Crippen LogP contribution is -2.38.